The standard InChI is InChI=1S/C18H19N3/c1-13-7-3-4-11-16(13)20-18(19)21(2)17-12-6-9-14-8-5-10-15(14)17/h3-7,9-12H,8H2,1-2H3,(H2,19,20). The van der Waals surface area contributed by atoms with E-state index in [4.69, 9.17) is 5.73 Å². The van der Waals surface area contributed by atoms with Crippen LogP contribution in [-0.2, 0) is 6.42 Å². The highest BCUT2D eigenvalue weighted by Gasteiger charge is 2.14. The number of hydrogen-bond acceptors (Lipinski definition) is 1. The molecule has 106 valence electrons. The zero-order chi connectivity index (χ0) is 14.8. The average molecular weight is 277 g/mol. The van der Waals surface area contributed by atoms with Crippen LogP contribution in [0, 0.1) is 6.92 Å². The molecule has 3 heteroatoms. The Hall–Kier alpha value is -2.55. The van der Waals surface area contributed by atoms with E-state index in [1.807, 2.05) is 43.1 Å². The van der Waals surface area contributed by atoms with Gasteiger partial charge in [0.25, 0.3) is 0 Å². The molecule has 0 saturated carbocycles. The predicted octanol–water partition coefficient (Wildman–Crippen LogP) is 3.65. The number of allylic oxidation sites excluding steroid dienone is 1. The second-order valence-electron chi connectivity index (χ2n) is 5.27. The molecule has 3 nitrogen and oxygen atoms in total. The Kier molecular flexibility index (Phi) is 3.48. The van der Waals surface area contributed by atoms with Crippen molar-refractivity contribution in [3.05, 3.63) is 65.2 Å². The van der Waals surface area contributed by atoms with Crippen LogP contribution in [0.15, 0.2) is 53.5 Å². The monoisotopic (exact) mass is 277 g/mol. The van der Waals surface area contributed by atoms with Gasteiger partial charge in [0.05, 0.1) is 11.4 Å². The SMILES string of the molecule is Cc1ccccc1N=C(N)N(C)c1cccc2c1C=CC2. The summed E-state index contributed by atoms with van der Waals surface area (Å²) >= 11 is 0. The first-order chi connectivity index (χ1) is 10.2. The highest BCUT2D eigenvalue weighted by Crippen LogP contribution is 2.29. The van der Waals surface area contributed by atoms with E-state index in [-0.39, 0.29) is 0 Å². The summed E-state index contributed by atoms with van der Waals surface area (Å²) in [5.41, 5.74) is 11.9. The molecule has 0 unspecified atom stereocenters. The zero-order valence-electron chi connectivity index (χ0n) is 12.4. The van der Waals surface area contributed by atoms with Crippen LogP contribution in [0.5, 0.6) is 0 Å². The third-order valence-electron chi connectivity index (χ3n) is 3.85. The molecule has 0 radical (unpaired) electrons. The largest absolute Gasteiger partial charge is 0.369 e. The van der Waals surface area contributed by atoms with E-state index in [1.54, 1.807) is 0 Å². The number of aryl methyl sites for hydroxylation is 1. The van der Waals surface area contributed by atoms with Crippen LogP contribution in [0.4, 0.5) is 11.4 Å². The van der Waals surface area contributed by atoms with Crippen molar-refractivity contribution in [1.29, 1.82) is 0 Å². The van der Waals surface area contributed by atoms with Crippen molar-refractivity contribution >= 4 is 23.4 Å². The molecule has 0 atom stereocenters. The summed E-state index contributed by atoms with van der Waals surface area (Å²) in [5.74, 6) is 0.498. The maximum Gasteiger partial charge on any atom is 0.200 e. The summed E-state index contributed by atoms with van der Waals surface area (Å²) in [5, 5.41) is 0. The molecule has 0 aromatic heterocycles. The highest BCUT2D eigenvalue weighted by atomic mass is 15.2. The molecular weight excluding hydrogens is 258 g/mol. The molecule has 2 N–H and O–H groups in total. The summed E-state index contributed by atoms with van der Waals surface area (Å²) in [4.78, 5) is 6.50. The first-order valence-electron chi connectivity index (χ1n) is 7.09. The van der Waals surface area contributed by atoms with Crippen molar-refractivity contribution in [2.24, 2.45) is 10.7 Å². The Morgan fingerprint density at radius 1 is 1.14 bits per heavy atom. The van der Waals surface area contributed by atoms with Gasteiger partial charge in [0.1, 0.15) is 0 Å². The molecule has 3 rings (SSSR count). The first kappa shape index (κ1) is 13.4. The third-order valence-corrected chi connectivity index (χ3v) is 3.85. The molecule has 0 heterocycles. The van der Waals surface area contributed by atoms with Crippen LogP contribution in [-0.4, -0.2) is 13.0 Å². The number of benzene rings is 2. The molecule has 21 heavy (non-hydrogen) atoms. The number of nitrogens with two attached hydrogens (primary N) is 1. The second-order valence-corrected chi connectivity index (χ2v) is 5.27. The molecule has 0 aliphatic heterocycles. The second kappa shape index (κ2) is 5.44. The minimum atomic E-state index is 0.498. The van der Waals surface area contributed by atoms with Gasteiger partial charge in [-0.05, 0) is 36.6 Å². The van der Waals surface area contributed by atoms with Crippen molar-refractivity contribution in [1.82, 2.24) is 0 Å². The summed E-state index contributed by atoms with van der Waals surface area (Å²) in [6.07, 6.45) is 5.32. The molecular formula is C18H19N3. The molecule has 1 aliphatic carbocycles. The van der Waals surface area contributed by atoms with E-state index in [0.29, 0.717) is 5.96 Å². The lowest BCUT2D eigenvalue weighted by molar-refractivity contribution is 1.19. The Bertz CT molecular complexity index is 729. The normalized spacial score (nSPS) is 13.3. The molecule has 0 amide bonds. The van der Waals surface area contributed by atoms with E-state index in [2.05, 4.69) is 35.3 Å². The number of aliphatic imine (C=N–C) groups is 1. The maximum atomic E-state index is 6.20. The molecule has 0 fully saturated rings. The molecule has 0 spiro atoms. The minimum absolute atomic E-state index is 0.498. The van der Waals surface area contributed by atoms with E-state index >= 15 is 0 Å². The van der Waals surface area contributed by atoms with Crippen LogP contribution in [0.25, 0.3) is 6.08 Å². The number of rotatable bonds is 2. The number of fused-ring (bicyclic) bond motifs is 1. The van der Waals surface area contributed by atoms with Crippen LogP contribution >= 0.6 is 0 Å². The van der Waals surface area contributed by atoms with Crippen molar-refractivity contribution in [2.45, 2.75) is 13.3 Å². The Morgan fingerprint density at radius 2 is 1.95 bits per heavy atom. The lowest BCUT2D eigenvalue weighted by Crippen LogP contribution is -2.34. The van der Waals surface area contributed by atoms with Crippen LogP contribution < -0.4 is 10.6 Å². The fourth-order valence-corrected chi connectivity index (χ4v) is 2.58. The Morgan fingerprint density at radius 3 is 2.76 bits per heavy atom. The molecule has 1 aliphatic rings. The van der Waals surface area contributed by atoms with Crippen molar-refractivity contribution in [3.8, 4) is 0 Å². The van der Waals surface area contributed by atoms with Gasteiger partial charge in [-0.15, -0.1) is 0 Å². The van der Waals surface area contributed by atoms with Gasteiger partial charge in [0.2, 0.25) is 5.96 Å². The number of hydrogen-bond donors (Lipinski definition) is 1. The number of para-hydroxylation sites is 1. The van der Waals surface area contributed by atoms with Gasteiger partial charge in [-0.2, -0.15) is 0 Å². The van der Waals surface area contributed by atoms with Crippen LogP contribution in [0.1, 0.15) is 16.7 Å². The first-order valence-corrected chi connectivity index (χ1v) is 7.09. The highest BCUT2D eigenvalue weighted by molar-refractivity contribution is 5.98. The Balaban J connectivity index is 1.96. The van der Waals surface area contributed by atoms with Gasteiger partial charge in [0, 0.05) is 12.6 Å². The average Bonchev–Trinajstić information content (AvgIpc) is 2.97. The number of anilines is 1. The van der Waals surface area contributed by atoms with Crippen molar-refractivity contribution in [2.75, 3.05) is 11.9 Å². The minimum Gasteiger partial charge on any atom is -0.369 e. The van der Waals surface area contributed by atoms with Crippen LogP contribution in [0.3, 0.4) is 0 Å². The summed E-state index contributed by atoms with van der Waals surface area (Å²) in [6.45, 7) is 2.04. The molecule has 0 bridgehead atoms. The van der Waals surface area contributed by atoms with E-state index in [1.165, 1.54) is 11.1 Å². The predicted molar refractivity (Wildman–Crippen MR) is 90.0 cm³/mol. The summed E-state index contributed by atoms with van der Waals surface area (Å²) in [7, 11) is 1.96. The topological polar surface area (TPSA) is 41.6 Å². The van der Waals surface area contributed by atoms with E-state index in [9.17, 15) is 0 Å². The quantitative estimate of drug-likeness (QED) is 0.672. The molecule has 0 saturated heterocycles. The van der Waals surface area contributed by atoms with Gasteiger partial charge in [-0.3, -0.25) is 0 Å². The van der Waals surface area contributed by atoms with Crippen molar-refractivity contribution in [3.63, 3.8) is 0 Å². The lowest BCUT2D eigenvalue weighted by atomic mass is 10.1. The summed E-state index contributed by atoms with van der Waals surface area (Å²) in [6, 6.07) is 14.3. The lowest BCUT2D eigenvalue weighted by Gasteiger charge is -2.21. The molecule has 2 aromatic carbocycles. The van der Waals surface area contributed by atoms with Crippen LogP contribution in [0.2, 0.25) is 0 Å². The van der Waals surface area contributed by atoms with E-state index in [0.717, 1.165) is 23.4 Å². The zero-order valence-corrected chi connectivity index (χ0v) is 12.4. The fourth-order valence-electron chi connectivity index (χ4n) is 2.58. The van der Waals surface area contributed by atoms with Gasteiger partial charge < -0.3 is 10.6 Å². The fraction of sp³-hybridized carbons (Fsp3) is 0.167. The Labute approximate surface area is 125 Å². The van der Waals surface area contributed by atoms with Gasteiger partial charge in [-0.1, -0.05) is 42.5 Å². The van der Waals surface area contributed by atoms with Gasteiger partial charge >= 0.3 is 0 Å². The third kappa shape index (κ3) is 2.55. The number of nitrogens with zero attached hydrogens (tertiary/aromatic N) is 2. The maximum absolute atomic E-state index is 6.20. The van der Waals surface area contributed by atoms with Gasteiger partial charge in [-0.25, -0.2) is 4.99 Å². The smallest absolute Gasteiger partial charge is 0.200 e. The van der Waals surface area contributed by atoms with Crippen molar-refractivity contribution < 1.29 is 0 Å². The van der Waals surface area contributed by atoms with E-state index < -0.39 is 0 Å². The number of guanidine groups is 1. The molecule has 2 aromatic rings. The summed E-state index contributed by atoms with van der Waals surface area (Å²) < 4.78 is 0. The van der Waals surface area contributed by atoms with Gasteiger partial charge in [0.15, 0.2) is 0 Å².